The molecular formula is C12H16ClN3OS. The number of hydrogen-bond donors (Lipinski definition) is 2. The van der Waals surface area contributed by atoms with Gasteiger partial charge in [-0.2, -0.15) is 0 Å². The van der Waals surface area contributed by atoms with Gasteiger partial charge in [0.15, 0.2) is 0 Å². The molecule has 1 aromatic heterocycles. The number of thiazole rings is 1. The summed E-state index contributed by atoms with van der Waals surface area (Å²) in [6.45, 7) is 5.77. The molecule has 1 aromatic rings. The van der Waals surface area contributed by atoms with Crippen LogP contribution in [0.25, 0.3) is 0 Å². The summed E-state index contributed by atoms with van der Waals surface area (Å²) in [5.41, 5.74) is 0.997. The van der Waals surface area contributed by atoms with Crippen LogP contribution in [0.15, 0.2) is 17.0 Å². The minimum Gasteiger partial charge on any atom is -0.333 e. The Morgan fingerprint density at radius 2 is 2.44 bits per heavy atom. The van der Waals surface area contributed by atoms with Gasteiger partial charge in [0.05, 0.1) is 12.6 Å². The van der Waals surface area contributed by atoms with Crippen molar-refractivity contribution in [3.05, 3.63) is 27.7 Å². The minimum absolute atomic E-state index is 0.0206. The van der Waals surface area contributed by atoms with Crippen molar-refractivity contribution in [3.63, 3.8) is 0 Å². The number of rotatable bonds is 5. The van der Waals surface area contributed by atoms with Crippen LogP contribution in [0.2, 0.25) is 0 Å². The summed E-state index contributed by atoms with van der Waals surface area (Å²) < 4.78 is 0. The van der Waals surface area contributed by atoms with Crippen molar-refractivity contribution < 1.29 is 4.79 Å². The Morgan fingerprint density at radius 3 is 2.94 bits per heavy atom. The Balaban J connectivity index is 1.94. The molecule has 2 N–H and O–H groups in total. The molecule has 1 heterocycles. The average molecular weight is 286 g/mol. The van der Waals surface area contributed by atoms with Gasteiger partial charge in [-0.3, -0.25) is 0 Å². The maximum atomic E-state index is 11.7. The predicted octanol–water partition coefficient (Wildman–Crippen LogP) is 2.95. The van der Waals surface area contributed by atoms with Crippen molar-refractivity contribution in [2.75, 3.05) is 6.54 Å². The van der Waals surface area contributed by atoms with Gasteiger partial charge < -0.3 is 10.6 Å². The number of carbonyl (C=O) groups is 1. The Hall–Kier alpha value is -1.07. The van der Waals surface area contributed by atoms with Crippen molar-refractivity contribution in [2.24, 2.45) is 5.92 Å². The van der Waals surface area contributed by atoms with Gasteiger partial charge >= 0.3 is 6.03 Å². The lowest BCUT2D eigenvalue weighted by molar-refractivity contribution is 0.236. The maximum Gasteiger partial charge on any atom is 0.315 e. The zero-order valence-corrected chi connectivity index (χ0v) is 11.8. The lowest BCUT2D eigenvalue weighted by atomic mass is 10.2. The van der Waals surface area contributed by atoms with Gasteiger partial charge in [0, 0.05) is 16.1 Å². The van der Waals surface area contributed by atoms with E-state index in [1.807, 2.05) is 12.3 Å². The van der Waals surface area contributed by atoms with Crippen molar-refractivity contribution >= 4 is 29.0 Å². The quantitative estimate of drug-likeness (QED) is 0.874. The normalized spacial score (nSPS) is 16.1. The highest BCUT2D eigenvalue weighted by Gasteiger charge is 2.35. The standard InChI is InChI=1S/C12H16ClN3OS/c1-7(13)5-14-12(17)16-10(9-3-4-9)11-15-8(2)6-18-11/h6,9-10H,1,3-5H2,2H3,(H2,14,16,17)/t10-/m0/s1. The van der Waals surface area contributed by atoms with Crippen LogP contribution in [0, 0.1) is 12.8 Å². The van der Waals surface area contributed by atoms with Gasteiger partial charge in [-0.05, 0) is 25.7 Å². The van der Waals surface area contributed by atoms with E-state index in [0.717, 1.165) is 23.5 Å². The number of amides is 2. The molecule has 0 aromatic carbocycles. The first-order valence-corrected chi connectivity index (χ1v) is 7.11. The maximum absolute atomic E-state index is 11.7. The third-order valence-corrected chi connectivity index (χ3v) is 3.90. The Kier molecular flexibility index (Phi) is 4.24. The van der Waals surface area contributed by atoms with Gasteiger partial charge in [0.1, 0.15) is 5.01 Å². The van der Waals surface area contributed by atoms with E-state index in [-0.39, 0.29) is 18.6 Å². The molecule has 0 bridgehead atoms. The van der Waals surface area contributed by atoms with Crippen molar-refractivity contribution in [1.82, 2.24) is 15.6 Å². The Bertz CT molecular complexity index is 456. The van der Waals surface area contributed by atoms with Crippen molar-refractivity contribution in [1.29, 1.82) is 0 Å². The average Bonchev–Trinajstić information content (AvgIpc) is 3.06. The van der Waals surface area contributed by atoms with Crippen LogP contribution in [0.3, 0.4) is 0 Å². The van der Waals surface area contributed by atoms with E-state index in [0.29, 0.717) is 11.0 Å². The number of halogens is 1. The van der Waals surface area contributed by atoms with Crippen LogP contribution in [-0.2, 0) is 0 Å². The fourth-order valence-electron chi connectivity index (χ4n) is 1.69. The van der Waals surface area contributed by atoms with Gasteiger partial charge in [-0.15, -0.1) is 11.3 Å². The van der Waals surface area contributed by atoms with E-state index >= 15 is 0 Å². The molecule has 0 radical (unpaired) electrons. The fourth-order valence-corrected chi connectivity index (χ4v) is 2.70. The van der Waals surface area contributed by atoms with Crippen LogP contribution in [0.5, 0.6) is 0 Å². The third-order valence-electron chi connectivity index (χ3n) is 2.72. The molecule has 1 saturated carbocycles. The second kappa shape index (κ2) is 5.71. The van der Waals surface area contributed by atoms with Crippen molar-refractivity contribution in [2.45, 2.75) is 25.8 Å². The summed E-state index contributed by atoms with van der Waals surface area (Å²) in [6, 6.07) is -0.200. The minimum atomic E-state index is -0.221. The lowest BCUT2D eigenvalue weighted by Crippen LogP contribution is -2.39. The molecule has 4 nitrogen and oxygen atoms in total. The molecule has 0 aliphatic heterocycles. The molecule has 0 unspecified atom stereocenters. The third kappa shape index (κ3) is 3.71. The number of nitrogens with one attached hydrogen (secondary N) is 2. The molecule has 1 aliphatic carbocycles. The SMILES string of the molecule is C=C(Cl)CNC(=O)N[C@H](c1nc(C)cs1)C1CC1. The molecule has 98 valence electrons. The number of carbonyl (C=O) groups excluding carboxylic acids is 1. The highest BCUT2D eigenvalue weighted by molar-refractivity contribution is 7.09. The van der Waals surface area contributed by atoms with E-state index < -0.39 is 0 Å². The first-order valence-electron chi connectivity index (χ1n) is 5.86. The Labute approximate surface area is 115 Å². The second-order valence-corrected chi connectivity index (χ2v) is 5.91. The van der Waals surface area contributed by atoms with Crippen LogP contribution < -0.4 is 10.6 Å². The summed E-state index contributed by atoms with van der Waals surface area (Å²) >= 11 is 7.20. The van der Waals surface area contributed by atoms with Crippen LogP contribution in [0.1, 0.15) is 29.6 Å². The summed E-state index contributed by atoms with van der Waals surface area (Å²) in [5.74, 6) is 0.514. The molecule has 18 heavy (non-hydrogen) atoms. The van der Waals surface area contributed by atoms with Gasteiger partial charge in [-0.1, -0.05) is 18.2 Å². The van der Waals surface area contributed by atoms with Crippen LogP contribution in [-0.4, -0.2) is 17.6 Å². The highest BCUT2D eigenvalue weighted by atomic mass is 35.5. The molecule has 2 rings (SSSR count). The Morgan fingerprint density at radius 1 is 1.72 bits per heavy atom. The summed E-state index contributed by atoms with van der Waals surface area (Å²) in [4.78, 5) is 16.2. The van der Waals surface area contributed by atoms with Gasteiger partial charge in [-0.25, -0.2) is 9.78 Å². The lowest BCUT2D eigenvalue weighted by Gasteiger charge is -2.16. The van der Waals surface area contributed by atoms with Gasteiger partial charge in [0.2, 0.25) is 0 Å². The van der Waals surface area contributed by atoms with E-state index in [4.69, 9.17) is 11.6 Å². The number of urea groups is 1. The molecule has 0 spiro atoms. The predicted molar refractivity (Wildman–Crippen MR) is 73.8 cm³/mol. The summed E-state index contributed by atoms with van der Waals surface area (Å²) in [5, 5.41) is 9.03. The first-order chi connectivity index (χ1) is 8.56. The van der Waals surface area contributed by atoms with E-state index in [1.165, 1.54) is 0 Å². The summed E-state index contributed by atoms with van der Waals surface area (Å²) in [6.07, 6.45) is 2.29. The van der Waals surface area contributed by atoms with Crippen LogP contribution >= 0.6 is 22.9 Å². The van der Waals surface area contributed by atoms with E-state index in [9.17, 15) is 4.79 Å². The van der Waals surface area contributed by atoms with Gasteiger partial charge in [0.25, 0.3) is 0 Å². The number of nitrogens with zero attached hydrogens (tertiary/aromatic N) is 1. The molecule has 0 saturated heterocycles. The van der Waals surface area contributed by atoms with E-state index in [1.54, 1.807) is 11.3 Å². The number of aryl methyl sites for hydroxylation is 1. The highest BCUT2D eigenvalue weighted by Crippen LogP contribution is 2.41. The van der Waals surface area contributed by atoms with E-state index in [2.05, 4.69) is 22.2 Å². The molecular weight excluding hydrogens is 270 g/mol. The number of hydrogen-bond acceptors (Lipinski definition) is 3. The zero-order valence-electron chi connectivity index (χ0n) is 10.2. The molecule has 1 fully saturated rings. The topological polar surface area (TPSA) is 54.0 Å². The first kappa shape index (κ1) is 13.4. The zero-order chi connectivity index (χ0) is 13.1. The largest absolute Gasteiger partial charge is 0.333 e. The number of aromatic nitrogens is 1. The van der Waals surface area contributed by atoms with Crippen molar-refractivity contribution in [3.8, 4) is 0 Å². The second-order valence-electron chi connectivity index (χ2n) is 4.49. The van der Waals surface area contributed by atoms with Crippen LogP contribution in [0.4, 0.5) is 4.79 Å². The summed E-state index contributed by atoms with van der Waals surface area (Å²) in [7, 11) is 0. The molecule has 1 aliphatic rings. The molecule has 6 heteroatoms. The molecule has 2 amide bonds. The fraction of sp³-hybridized carbons (Fsp3) is 0.500. The molecule has 1 atom stereocenters. The monoisotopic (exact) mass is 285 g/mol. The smallest absolute Gasteiger partial charge is 0.315 e.